The monoisotopic (exact) mass is 264 g/mol. The van der Waals surface area contributed by atoms with E-state index in [1.165, 1.54) is 6.42 Å². The Morgan fingerprint density at radius 1 is 1.41 bits per heavy atom. The zero-order chi connectivity index (χ0) is 11.6. The number of carbonyl (C=O) groups excluding carboxylic acids is 1. The van der Waals surface area contributed by atoms with Gasteiger partial charge in [0.1, 0.15) is 0 Å². The van der Waals surface area contributed by atoms with E-state index >= 15 is 0 Å². The van der Waals surface area contributed by atoms with Gasteiger partial charge in [0.05, 0.1) is 6.04 Å². The molecule has 4 nitrogen and oxygen atoms in total. The van der Waals surface area contributed by atoms with E-state index in [0.29, 0.717) is 0 Å². The summed E-state index contributed by atoms with van der Waals surface area (Å²) in [6, 6.07) is 0.0426. The van der Waals surface area contributed by atoms with E-state index in [4.69, 9.17) is 4.74 Å². The van der Waals surface area contributed by atoms with Gasteiger partial charge in [0.15, 0.2) is 0 Å². The van der Waals surface area contributed by atoms with Crippen LogP contribution in [0.1, 0.15) is 39.0 Å². The first-order valence-electron chi connectivity index (χ1n) is 6.43. The van der Waals surface area contributed by atoms with Gasteiger partial charge in [0.25, 0.3) is 0 Å². The molecule has 1 unspecified atom stereocenters. The predicted octanol–water partition coefficient (Wildman–Crippen LogP) is 1.48. The fourth-order valence-electron chi connectivity index (χ4n) is 1.77. The number of unbranched alkanes of at least 4 members (excludes halogenated alkanes) is 1. The lowest BCUT2D eigenvalue weighted by Gasteiger charge is -2.10. The van der Waals surface area contributed by atoms with Gasteiger partial charge in [0.2, 0.25) is 5.91 Å². The standard InChI is InChI=1S/C12H24N2O2.ClH/c1-2-3-9-16-10-5-8-14-12(15)11-6-4-7-13-11;/h11,13H,2-10H2,1H3,(H,14,15);1H. The van der Waals surface area contributed by atoms with Crippen LogP contribution in [0.15, 0.2) is 0 Å². The molecule has 0 aromatic heterocycles. The van der Waals surface area contributed by atoms with Gasteiger partial charge in [-0.25, -0.2) is 0 Å². The molecule has 1 aliphatic rings. The van der Waals surface area contributed by atoms with Gasteiger partial charge in [-0.3, -0.25) is 4.79 Å². The first-order valence-corrected chi connectivity index (χ1v) is 6.43. The lowest BCUT2D eigenvalue weighted by molar-refractivity contribution is -0.122. The average Bonchev–Trinajstić information content (AvgIpc) is 2.81. The summed E-state index contributed by atoms with van der Waals surface area (Å²) in [5.74, 6) is 0.144. The molecule has 0 aromatic carbocycles. The number of carbonyl (C=O) groups is 1. The maximum absolute atomic E-state index is 11.6. The third-order valence-electron chi connectivity index (χ3n) is 2.78. The Morgan fingerprint density at radius 2 is 2.18 bits per heavy atom. The molecule has 1 atom stereocenters. The fourth-order valence-corrected chi connectivity index (χ4v) is 1.77. The van der Waals surface area contributed by atoms with Crippen molar-refractivity contribution in [3.05, 3.63) is 0 Å². The largest absolute Gasteiger partial charge is 0.381 e. The zero-order valence-electron chi connectivity index (χ0n) is 10.7. The Balaban J connectivity index is 0.00000256. The molecular weight excluding hydrogens is 240 g/mol. The van der Waals surface area contributed by atoms with Crippen LogP contribution < -0.4 is 10.6 Å². The van der Waals surface area contributed by atoms with Crippen LogP contribution in [0.4, 0.5) is 0 Å². The molecule has 0 bridgehead atoms. The van der Waals surface area contributed by atoms with Crippen molar-refractivity contribution in [2.45, 2.75) is 45.1 Å². The highest BCUT2D eigenvalue weighted by molar-refractivity contribution is 5.85. The van der Waals surface area contributed by atoms with Crippen LogP contribution in [0.2, 0.25) is 0 Å². The summed E-state index contributed by atoms with van der Waals surface area (Å²) in [4.78, 5) is 11.6. The first-order chi connectivity index (χ1) is 7.84. The van der Waals surface area contributed by atoms with Crippen LogP contribution in [0, 0.1) is 0 Å². The Morgan fingerprint density at radius 3 is 2.82 bits per heavy atom. The first kappa shape index (κ1) is 16.7. The van der Waals surface area contributed by atoms with Crippen molar-refractivity contribution in [1.29, 1.82) is 0 Å². The highest BCUT2D eigenvalue weighted by atomic mass is 35.5. The molecule has 1 heterocycles. The van der Waals surface area contributed by atoms with Crippen molar-refractivity contribution in [2.75, 3.05) is 26.3 Å². The Labute approximate surface area is 110 Å². The van der Waals surface area contributed by atoms with E-state index in [0.717, 1.165) is 52.0 Å². The summed E-state index contributed by atoms with van der Waals surface area (Å²) in [7, 11) is 0. The quantitative estimate of drug-likeness (QED) is 0.653. The molecule has 0 saturated carbocycles. The summed E-state index contributed by atoms with van der Waals surface area (Å²) >= 11 is 0. The smallest absolute Gasteiger partial charge is 0.237 e. The Kier molecular flexibility index (Phi) is 10.6. The number of hydrogen-bond acceptors (Lipinski definition) is 3. The highest BCUT2D eigenvalue weighted by Gasteiger charge is 2.20. The molecule has 2 N–H and O–H groups in total. The minimum atomic E-state index is 0. The van der Waals surface area contributed by atoms with E-state index < -0.39 is 0 Å². The van der Waals surface area contributed by atoms with E-state index in [-0.39, 0.29) is 24.4 Å². The molecule has 0 spiro atoms. The molecule has 0 aromatic rings. The van der Waals surface area contributed by atoms with Gasteiger partial charge in [0, 0.05) is 19.8 Å². The van der Waals surface area contributed by atoms with E-state index in [2.05, 4.69) is 17.6 Å². The van der Waals surface area contributed by atoms with Crippen LogP contribution in [-0.4, -0.2) is 38.3 Å². The maximum atomic E-state index is 11.6. The van der Waals surface area contributed by atoms with Gasteiger partial charge < -0.3 is 15.4 Å². The van der Waals surface area contributed by atoms with Crippen molar-refractivity contribution in [2.24, 2.45) is 0 Å². The number of hydrogen-bond donors (Lipinski definition) is 2. The molecular formula is C12H25ClN2O2. The van der Waals surface area contributed by atoms with Crippen LogP contribution in [0.5, 0.6) is 0 Å². The van der Waals surface area contributed by atoms with Crippen molar-refractivity contribution in [3.63, 3.8) is 0 Å². The SMILES string of the molecule is CCCCOCCCNC(=O)C1CCCN1.Cl. The predicted molar refractivity (Wildman–Crippen MR) is 71.6 cm³/mol. The van der Waals surface area contributed by atoms with Crippen LogP contribution in [-0.2, 0) is 9.53 Å². The molecule has 1 amide bonds. The molecule has 5 heteroatoms. The third-order valence-corrected chi connectivity index (χ3v) is 2.78. The summed E-state index contributed by atoms with van der Waals surface area (Å²) in [6.07, 6.45) is 5.28. The van der Waals surface area contributed by atoms with Gasteiger partial charge >= 0.3 is 0 Å². The van der Waals surface area contributed by atoms with Gasteiger partial charge in [-0.2, -0.15) is 0 Å². The average molecular weight is 265 g/mol. The number of halogens is 1. The third kappa shape index (κ3) is 7.58. The second kappa shape index (κ2) is 10.8. The molecule has 1 fully saturated rings. The maximum Gasteiger partial charge on any atom is 0.237 e. The topological polar surface area (TPSA) is 50.4 Å². The number of nitrogens with one attached hydrogen (secondary N) is 2. The molecule has 1 aliphatic heterocycles. The summed E-state index contributed by atoms with van der Waals surface area (Å²) in [5.41, 5.74) is 0. The second-order valence-corrected chi connectivity index (χ2v) is 4.26. The molecule has 102 valence electrons. The molecule has 1 saturated heterocycles. The highest BCUT2D eigenvalue weighted by Crippen LogP contribution is 2.04. The number of ether oxygens (including phenoxy) is 1. The lowest BCUT2D eigenvalue weighted by Crippen LogP contribution is -2.40. The summed E-state index contributed by atoms with van der Waals surface area (Å²) in [5, 5.41) is 6.12. The molecule has 1 rings (SSSR count). The molecule has 0 aliphatic carbocycles. The van der Waals surface area contributed by atoms with Gasteiger partial charge in [-0.1, -0.05) is 13.3 Å². The van der Waals surface area contributed by atoms with Crippen LogP contribution in [0.3, 0.4) is 0 Å². The van der Waals surface area contributed by atoms with Crippen LogP contribution >= 0.6 is 12.4 Å². The molecule has 0 radical (unpaired) electrons. The molecule has 17 heavy (non-hydrogen) atoms. The fraction of sp³-hybridized carbons (Fsp3) is 0.917. The van der Waals surface area contributed by atoms with E-state index in [1.54, 1.807) is 0 Å². The lowest BCUT2D eigenvalue weighted by atomic mass is 10.2. The van der Waals surface area contributed by atoms with E-state index in [1.807, 2.05) is 0 Å². The van der Waals surface area contributed by atoms with Crippen molar-refractivity contribution in [3.8, 4) is 0 Å². The minimum absolute atomic E-state index is 0. The van der Waals surface area contributed by atoms with Gasteiger partial charge in [-0.05, 0) is 32.2 Å². The van der Waals surface area contributed by atoms with Crippen molar-refractivity contribution < 1.29 is 9.53 Å². The zero-order valence-corrected chi connectivity index (χ0v) is 11.5. The Hall–Kier alpha value is -0.320. The Bertz CT molecular complexity index is 197. The van der Waals surface area contributed by atoms with Crippen LogP contribution in [0.25, 0.3) is 0 Å². The number of amides is 1. The van der Waals surface area contributed by atoms with Crippen molar-refractivity contribution in [1.82, 2.24) is 10.6 Å². The summed E-state index contributed by atoms with van der Waals surface area (Å²) in [6.45, 7) is 5.44. The van der Waals surface area contributed by atoms with Gasteiger partial charge in [-0.15, -0.1) is 12.4 Å². The van der Waals surface area contributed by atoms with E-state index in [9.17, 15) is 4.79 Å². The minimum Gasteiger partial charge on any atom is -0.381 e. The van der Waals surface area contributed by atoms with Crippen molar-refractivity contribution >= 4 is 18.3 Å². The summed E-state index contributed by atoms with van der Waals surface area (Å²) < 4.78 is 5.41. The normalized spacial score (nSPS) is 18.8. The second-order valence-electron chi connectivity index (χ2n) is 4.26. The number of rotatable bonds is 8.